The lowest BCUT2D eigenvalue weighted by Gasteiger charge is -2.21. The van der Waals surface area contributed by atoms with Crippen molar-refractivity contribution in [1.82, 2.24) is 0 Å². The third kappa shape index (κ3) is 3.39. The average Bonchev–Trinajstić information content (AvgIpc) is 2.63. The van der Waals surface area contributed by atoms with Gasteiger partial charge in [0.15, 0.2) is 0 Å². The highest BCUT2D eigenvalue weighted by molar-refractivity contribution is 7.86. The van der Waals surface area contributed by atoms with Gasteiger partial charge in [0.25, 0.3) is 21.8 Å². The van der Waals surface area contributed by atoms with E-state index in [1.807, 2.05) is 0 Å². The minimum absolute atomic E-state index is 0.104. The third-order valence-electron chi connectivity index (χ3n) is 3.03. The highest BCUT2D eigenvalue weighted by Gasteiger charge is 2.49. The van der Waals surface area contributed by atoms with E-state index < -0.39 is 33.6 Å². The van der Waals surface area contributed by atoms with Crippen molar-refractivity contribution in [3.05, 3.63) is 29.8 Å². The molecule has 1 amide bonds. The number of aliphatic hydroxyl groups is 1. The zero-order valence-corrected chi connectivity index (χ0v) is 12.1. The Morgan fingerprint density at radius 3 is 2.55 bits per heavy atom. The van der Waals surface area contributed by atoms with Crippen LogP contribution < -0.4 is 4.90 Å². The van der Waals surface area contributed by atoms with Gasteiger partial charge in [-0.3, -0.25) is 4.79 Å². The summed E-state index contributed by atoms with van der Waals surface area (Å²) in [5, 5.41) is 9.94. The Bertz CT molecular complexity index is 703. The number of alkyl halides is 3. The smallest absolute Gasteiger partial charge is 0.357 e. The first-order chi connectivity index (χ1) is 9.92. The first-order valence-electron chi connectivity index (χ1n) is 6.05. The average molecular weight is 339 g/mol. The molecular formula is C12H12F3NO5S. The van der Waals surface area contributed by atoms with Gasteiger partial charge in [-0.1, -0.05) is 6.07 Å². The maximum absolute atomic E-state index is 12.7. The molecule has 1 N–H and O–H groups in total. The molecule has 1 aromatic carbocycles. The lowest BCUT2D eigenvalue weighted by atomic mass is 10.2. The molecule has 0 bridgehead atoms. The van der Waals surface area contributed by atoms with E-state index in [2.05, 4.69) is 4.18 Å². The van der Waals surface area contributed by atoms with E-state index in [-0.39, 0.29) is 18.7 Å². The second kappa shape index (κ2) is 5.21. The lowest BCUT2D eigenvalue weighted by molar-refractivity contribution is -0.164. The summed E-state index contributed by atoms with van der Waals surface area (Å²) in [6, 6.07) is 3.94. The summed E-state index contributed by atoms with van der Waals surface area (Å²) >= 11 is 0. The number of benzene rings is 1. The fourth-order valence-corrected chi connectivity index (χ4v) is 2.76. The van der Waals surface area contributed by atoms with Crippen LogP contribution in [0.15, 0.2) is 24.3 Å². The molecule has 0 saturated carbocycles. The van der Waals surface area contributed by atoms with E-state index in [1.54, 1.807) is 0 Å². The fourth-order valence-electron chi connectivity index (χ4n) is 2.11. The van der Waals surface area contributed by atoms with E-state index in [4.69, 9.17) is 0 Å². The number of halogens is 3. The van der Waals surface area contributed by atoms with Gasteiger partial charge in [0, 0.05) is 18.7 Å². The standard InChI is InChI=1S/C12H12F3NO5S/c1-22(19,20)21-11(18)5-6-16(10(11)17)9-4-2-3-8(7-9)12(13,14)15/h2-4,7,18H,5-6H2,1H3. The van der Waals surface area contributed by atoms with Crippen LogP contribution in [0.25, 0.3) is 0 Å². The summed E-state index contributed by atoms with van der Waals surface area (Å²) in [4.78, 5) is 12.9. The van der Waals surface area contributed by atoms with Crippen molar-refractivity contribution >= 4 is 21.7 Å². The monoisotopic (exact) mass is 339 g/mol. The predicted octanol–water partition coefficient (Wildman–Crippen LogP) is 1.11. The first-order valence-corrected chi connectivity index (χ1v) is 7.86. The summed E-state index contributed by atoms with van der Waals surface area (Å²) in [7, 11) is -4.11. The Morgan fingerprint density at radius 2 is 2.00 bits per heavy atom. The van der Waals surface area contributed by atoms with E-state index in [1.165, 1.54) is 6.07 Å². The van der Waals surface area contributed by atoms with Gasteiger partial charge in [-0.25, -0.2) is 4.18 Å². The molecule has 1 atom stereocenters. The Hall–Kier alpha value is -1.65. The number of rotatable bonds is 3. The number of carbonyl (C=O) groups excluding carboxylic acids is 1. The third-order valence-corrected chi connectivity index (χ3v) is 3.61. The molecular weight excluding hydrogens is 327 g/mol. The molecule has 1 fully saturated rings. The Balaban J connectivity index is 2.31. The van der Waals surface area contributed by atoms with Gasteiger partial charge in [0.2, 0.25) is 0 Å². The van der Waals surface area contributed by atoms with Crippen LogP contribution in [-0.4, -0.2) is 38.0 Å². The number of anilines is 1. The SMILES string of the molecule is CS(=O)(=O)OC1(O)CCN(c2cccc(C(F)(F)F)c2)C1=O. The van der Waals surface area contributed by atoms with Crippen molar-refractivity contribution in [2.75, 3.05) is 17.7 Å². The van der Waals surface area contributed by atoms with Crippen LogP contribution in [-0.2, 0) is 25.3 Å². The molecule has 22 heavy (non-hydrogen) atoms. The van der Waals surface area contributed by atoms with Gasteiger partial charge in [0.1, 0.15) is 0 Å². The molecule has 0 aromatic heterocycles. The number of hydrogen-bond acceptors (Lipinski definition) is 5. The van der Waals surface area contributed by atoms with Gasteiger partial charge >= 0.3 is 6.18 Å². The van der Waals surface area contributed by atoms with Crippen molar-refractivity contribution < 1.29 is 35.7 Å². The number of hydrogen-bond donors (Lipinski definition) is 1. The van der Waals surface area contributed by atoms with Crippen molar-refractivity contribution in [2.45, 2.75) is 18.4 Å². The van der Waals surface area contributed by atoms with Gasteiger partial charge in [-0.2, -0.15) is 21.6 Å². The van der Waals surface area contributed by atoms with E-state index in [0.717, 1.165) is 23.1 Å². The molecule has 1 unspecified atom stereocenters. The van der Waals surface area contributed by atoms with Gasteiger partial charge < -0.3 is 10.0 Å². The molecule has 1 aliphatic rings. The predicted molar refractivity (Wildman–Crippen MR) is 69.3 cm³/mol. The molecule has 0 spiro atoms. The van der Waals surface area contributed by atoms with Crippen LogP contribution in [0.4, 0.5) is 18.9 Å². The molecule has 122 valence electrons. The second-order valence-electron chi connectivity index (χ2n) is 4.83. The van der Waals surface area contributed by atoms with Gasteiger partial charge in [0.05, 0.1) is 11.8 Å². The van der Waals surface area contributed by atoms with Crippen LogP contribution in [0.2, 0.25) is 0 Å². The maximum Gasteiger partial charge on any atom is 0.416 e. The maximum atomic E-state index is 12.7. The summed E-state index contributed by atoms with van der Waals surface area (Å²) in [6.45, 7) is -0.174. The molecule has 1 saturated heterocycles. The van der Waals surface area contributed by atoms with Crippen LogP contribution in [0, 0.1) is 0 Å². The van der Waals surface area contributed by atoms with Crippen LogP contribution >= 0.6 is 0 Å². The minimum atomic E-state index is -4.58. The molecule has 1 heterocycles. The highest BCUT2D eigenvalue weighted by Crippen LogP contribution is 2.35. The molecule has 1 aromatic rings. The molecule has 0 radical (unpaired) electrons. The van der Waals surface area contributed by atoms with E-state index in [9.17, 15) is 31.5 Å². The zero-order valence-electron chi connectivity index (χ0n) is 11.3. The first kappa shape index (κ1) is 16.7. The normalized spacial score (nSPS) is 23.1. The van der Waals surface area contributed by atoms with E-state index in [0.29, 0.717) is 6.26 Å². The van der Waals surface area contributed by atoms with Crippen LogP contribution in [0.3, 0.4) is 0 Å². The van der Waals surface area contributed by atoms with E-state index >= 15 is 0 Å². The number of carbonyl (C=O) groups is 1. The topological polar surface area (TPSA) is 83.9 Å². The molecule has 0 aliphatic carbocycles. The summed E-state index contributed by atoms with van der Waals surface area (Å²) in [6.07, 6.45) is -4.31. The van der Waals surface area contributed by atoms with Crippen molar-refractivity contribution in [2.24, 2.45) is 0 Å². The zero-order chi connectivity index (χ0) is 16.8. The van der Waals surface area contributed by atoms with Gasteiger partial charge in [-0.15, -0.1) is 0 Å². The summed E-state index contributed by atoms with van der Waals surface area (Å²) in [5.74, 6) is -3.72. The summed E-state index contributed by atoms with van der Waals surface area (Å²) < 4.78 is 64.5. The fraction of sp³-hybridized carbons (Fsp3) is 0.417. The Kier molecular flexibility index (Phi) is 3.96. The van der Waals surface area contributed by atoms with Crippen LogP contribution in [0.1, 0.15) is 12.0 Å². The largest absolute Gasteiger partial charge is 0.416 e. The summed E-state index contributed by atoms with van der Waals surface area (Å²) in [5.41, 5.74) is -1.06. The van der Waals surface area contributed by atoms with Crippen molar-refractivity contribution in [3.8, 4) is 0 Å². The highest BCUT2D eigenvalue weighted by atomic mass is 32.2. The molecule has 1 aliphatic heterocycles. The van der Waals surface area contributed by atoms with Crippen molar-refractivity contribution in [1.29, 1.82) is 0 Å². The van der Waals surface area contributed by atoms with Crippen molar-refractivity contribution in [3.63, 3.8) is 0 Å². The second-order valence-corrected chi connectivity index (χ2v) is 6.40. The number of amides is 1. The molecule has 10 heteroatoms. The Labute approximate surface area is 124 Å². The minimum Gasteiger partial charge on any atom is -0.357 e. The Morgan fingerprint density at radius 1 is 1.36 bits per heavy atom. The van der Waals surface area contributed by atoms with Gasteiger partial charge in [-0.05, 0) is 18.2 Å². The quantitative estimate of drug-likeness (QED) is 0.659. The van der Waals surface area contributed by atoms with Crippen LogP contribution in [0.5, 0.6) is 0 Å². The lowest BCUT2D eigenvalue weighted by Crippen LogP contribution is -2.43. The molecule has 2 rings (SSSR count). The molecule has 6 nitrogen and oxygen atoms in total. The number of nitrogens with zero attached hydrogens (tertiary/aromatic N) is 1.